The Labute approximate surface area is 179 Å². The van der Waals surface area contributed by atoms with Crippen LogP contribution in [0.15, 0.2) is 54.6 Å². The summed E-state index contributed by atoms with van der Waals surface area (Å²) in [6, 6.07) is 19.3. The van der Waals surface area contributed by atoms with Crippen molar-refractivity contribution < 1.29 is 9.90 Å². The van der Waals surface area contributed by atoms with E-state index in [1.54, 1.807) is 0 Å². The summed E-state index contributed by atoms with van der Waals surface area (Å²) in [5.41, 5.74) is 3.95. The van der Waals surface area contributed by atoms with Crippen LogP contribution in [0.1, 0.15) is 31.2 Å². The van der Waals surface area contributed by atoms with Gasteiger partial charge in [-0.05, 0) is 60.8 Å². The van der Waals surface area contributed by atoms with Crippen molar-refractivity contribution in [1.82, 2.24) is 9.80 Å². The van der Waals surface area contributed by atoms with Gasteiger partial charge in [-0.25, -0.2) is 0 Å². The minimum absolute atomic E-state index is 0.192. The van der Waals surface area contributed by atoms with Gasteiger partial charge in [-0.3, -0.25) is 9.69 Å². The number of carbonyl (C=O) groups is 1. The van der Waals surface area contributed by atoms with E-state index in [2.05, 4.69) is 59.5 Å². The summed E-state index contributed by atoms with van der Waals surface area (Å²) in [6.45, 7) is 4.55. The van der Waals surface area contributed by atoms with Crippen molar-refractivity contribution in [3.63, 3.8) is 0 Å². The zero-order chi connectivity index (χ0) is 20.5. The third-order valence-corrected chi connectivity index (χ3v) is 7.55. The Bertz CT molecular complexity index is 876. The Morgan fingerprint density at radius 2 is 1.67 bits per heavy atom. The zero-order valence-corrected chi connectivity index (χ0v) is 17.6. The molecule has 1 amide bonds. The molecule has 3 fully saturated rings. The second-order valence-electron chi connectivity index (χ2n) is 9.37. The number of amides is 1. The molecule has 2 saturated heterocycles. The van der Waals surface area contributed by atoms with Crippen molar-refractivity contribution in [2.75, 3.05) is 26.2 Å². The molecule has 2 aromatic carbocycles. The fourth-order valence-corrected chi connectivity index (χ4v) is 5.70. The number of nitrogens with zero attached hydrogens (tertiary/aromatic N) is 2. The minimum atomic E-state index is -0.224. The number of carbonyl (C=O) groups excluding carboxylic acids is 1. The zero-order valence-electron chi connectivity index (χ0n) is 17.6. The van der Waals surface area contributed by atoms with Gasteiger partial charge in [0, 0.05) is 32.1 Å². The van der Waals surface area contributed by atoms with Crippen LogP contribution in [0.2, 0.25) is 0 Å². The largest absolute Gasteiger partial charge is 0.393 e. The third-order valence-electron chi connectivity index (χ3n) is 7.55. The molecule has 2 heterocycles. The van der Waals surface area contributed by atoms with E-state index < -0.39 is 0 Å². The highest BCUT2D eigenvalue weighted by Gasteiger charge is 2.48. The Morgan fingerprint density at radius 3 is 2.47 bits per heavy atom. The fraction of sp³-hybridized carbons (Fsp3) is 0.500. The molecule has 4 heteroatoms. The number of hydrogen-bond donors (Lipinski definition) is 1. The number of likely N-dealkylation sites (tertiary alicyclic amines) is 2. The standard InChI is InChI=1S/C26H32N2O2/c29-22-11-14-28(15-12-22)26(30)24-16-20-10-13-27(18-25(20)24)17-21-8-4-5-9-23(21)19-6-2-1-3-7-19/h1-9,20,22,24-25,29H,10-18H2/t20-,24-,25-/m1/s1. The molecule has 2 aliphatic heterocycles. The molecule has 1 N–H and O–H groups in total. The predicted molar refractivity (Wildman–Crippen MR) is 119 cm³/mol. The molecule has 2 aromatic rings. The second-order valence-corrected chi connectivity index (χ2v) is 9.37. The van der Waals surface area contributed by atoms with Gasteiger partial charge in [0.25, 0.3) is 0 Å². The van der Waals surface area contributed by atoms with E-state index in [0.29, 0.717) is 11.8 Å². The summed E-state index contributed by atoms with van der Waals surface area (Å²) >= 11 is 0. The summed E-state index contributed by atoms with van der Waals surface area (Å²) in [6.07, 6.45) is 3.51. The van der Waals surface area contributed by atoms with Crippen LogP contribution in [-0.2, 0) is 11.3 Å². The van der Waals surface area contributed by atoms with Gasteiger partial charge in [0.1, 0.15) is 0 Å². The van der Waals surface area contributed by atoms with Crippen molar-refractivity contribution >= 4 is 5.91 Å². The van der Waals surface area contributed by atoms with Gasteiger partial charge in [0.2, 0.25) is 5.91 Å². The number of hydrogen-bond acceptors (Lipinski definition) is 3. The Balaban J connectivity index is 1.25. The lowest BCUT2D eigenvalue weighted by molar-refractivity contribution is -0.150. The highest BCUT2D eigenvalue weighted by atomic mass is 16.3. The highest BCUT2D eigenvalue weighted by molar-refractivity contribution is 5.80. The maximum absolute atomic E-state index is 13.1. The smallest absolute Gasteiger partial charge is 0.226 e. The third kappa shape index (κ3) is 3.91. The van der Waals surface area contributed by atoms with Crippen LogP contribution in [-0.4, -0.2) is 53.1 Å². The van der Waals surface area contributed by atoms with E-state index in [9.17, 15) is 9.90 Å². The van der Waals surface area contributed by atoms with Gasteiger partial charge in [0.05, 0.1) is 6.10 Å². The van der Waals surface area contributed by atoms with Gasteiger partial charge in [-0.2, -0.15) is 0 Å². The maximum atomic E-state index is 13.1. The molecule has 3 atom stereocenters. The number of aliphatic hydroxyl groups excluding tert-OH is 1. The number of rotatable bonds is 4. The molecule has 1 saturated carbocycles. The SMILES string of the molecule is O=C([C@@H]1C[C@H]2CCN(Cc3ccccc3-c3ccccc3)C[C@H]21)N1CCC(O)CC1. The quantitative estimate of drug-likeness (QED) is 0.843. The molecule has 0 spiro atoms. The first-order chi connectivity index (χ1) is 14.7. The maximum Gasteiger partial charge on any atom is 0.226 e. The van der Waals surface area contributed by atoms with Crippen molar-refractivity contribution in [3.8, 4) is 11.1 Å². The van der Waals surface area contributed by atoms with Crippen molar-refractivity contribution in [3.05, 3.63) is 60.2 Å². The van der Waals surface area contributed by atoms with Crippen LogP contribution in [0.4, 0.5) is 0 Å². The van der Waals surface area contributed by atoms with E-state index >= 15 is 0 Å². The van der Waals surface area contributed by atoms with E-state index in [1.165, 1.54) is 23.1 Å². The molecule has 4 nitrogen and oxygen atoms in total. The van der Waals surface area contributed by atoms with Crippen molar-refractivity contribution in [2.24, 2.45) is 17.8 Å². The van der Waals surface area contributed by atoms with Crippen LogP contribution in [0.25, 0.3) is 11.1 Å². The van der Waals surface area contributed by atoms with Crippen LogP contribution in [0.3, 0.4) is 0 Å². The van der Waals surface area contributed by atoms with Crippen molar-refractivity contribution in [2.45, 2.75) is 38.3 Å². The monoisotopic (exact) mass is 404 g/mol. The van der Waals surface area contributed by atoms with Crippen LogP contribution in [0.5, 0.6) is 0 Å². The average Bonchev–Trinajstić information content (AvgIpc) is 2.77. The molecular weight excluding hydrogens is 372 g/mol. The number of fused-ring (bicyclic) bond motifs is 1. The van der Waals surface area contributed by atoms with Crippen LogP contribution >= 0.6 is 0 Å². The van der Waals surface area contributed by atoms with E-state index in [1.807, 2.05) is 4.90 Å². The fourth-order valence-electron chi connectivity index (χ4n) is 5.70. The number of aliphatic hydroxyl groups is 1. The number of piperidine rings is 2. The summed E-state index contributed by atoms with van der Waals surface area (Å²) in [7, 11) is 0. The van der Waals surface area contributed by atoms with Gasteiger partial charge in [-0.1, -0.05) is 54.6 Å². The first kappa shape index (κ1) is 19.8. The summed E-state index contributed by atoms with van der Waals surface area (Å²) < 4.78 is 0. The number of benzene rings is 2. The van der Waals surface area contributed by atoms with Crippen molar-refractivity contribution in [1.29, 1.82) is 0 Å². The predicted octanol–water partition coefficient (Wildman–Crippen LogP) is 3.79. The van der Waals surface area contributed by atoms with Gasteiger partial charge in [-0.15, -0.1) is 0 Å². The molecule has 0 aromatic heterocycles. The Hall–Kier alpha value is -2.17. The van der Waals surface area contributed by atoms with E-state index in [4.69, 9.17) is 0 Å². The molecule has 5 rings (SSSR count). The van der Waals surface area contributed by atoms with E-state index in [0.717, 1.165) is 57.9 Å². The first-order valence-electron chi connectivity index (χ1n) is 11.5. The van der Waals surface area contributed by atoms with E-state index in [-0.39, 0.29) is 12.0 Å². The molecule has 30 heavy (non-hydrogen) atoms. The minimum Gasteiger partial charge on any atom is -0.393 e. The summed E-state index contributed by atoms with van der Waals surface area (Å²) in [5, 5.41) is 9.74. The van der Waals surface area contributed by atoms with Crippen LogP contribution in [0, 0.1) is 17.8 Å². The lowest BCUT2D eigenvalue weighted by Gasteiger charge is -2.51. The summed E-state index contributed by atoms with van der Waals surface area (Å²) in [5.74, 6) is 1.75. The summed E-state index contributed by atoms with van der Waals surface area (Å²) in [4.78, 5) is 17.6. The average molecular weight is 405 g/mol. The Kier molecular flexibility index (Phi) is 5.62. The second kappa shape index (κ2) is 8.52. The van der Waals surface area contributed by atoms with Gasteiger partial charge in [0.15, 0.2) is 0 Å². The van der Waals surface area contributed by atoms with Gasteiger partial charge < -0.3 is 10.0 Å². The molecule has 3 aliphatic rings. The molecule has 1 aliphatic carbocycles. The molecule has 0 bridgehead atoms. The molecular formula is C26H32N2O2. The van der Waals surface area contributed by atoms with Gasteiger partial charge >= 0.3 is 0 Å². The molecule has 0 radical (unpaired) electrons. The Morgan fingerprint density at radius 1 is 0.933 bits per heavy atom. The topological polar surface area (TPSA) is 43.8 Å². The highest BCUT2D eigenvalue weighted by Crippen LogP contribution is 2.47. The molecule has 158 valence electrons. The van der Waals surface area contributed by atoms with Crippen LogP contribution < -0.4 is 0 Å². The molecule has 0 unspecified atom stereocenters. The lowest BCUT2D eigenvalue weighted by atomic mass is 9.61. The lowest BCUT2D eigenvalue weighted by Crippen LogP contribution is -2.56. The normalized spacial score (nSPS) is 27.4. The first-order valence-corrected chi connectivity index (χ1v) is 11.5.